The number of carbonyl (C=O) groups excluding carboxylic acids is 1. The molecule has 0 fully saturated rings. The van der Waals surface area contributed by atoms with E-state index in [9.17, 15) is 9.18 Å². The molecule has 0 saturated carbocycles. The molecule has 1 amide bonds. The fourth-order valence-electron chi connectivity index (χ4n) is 1.40. The van der Waals surface area contributed by atoms with Gasteiger partial charge >= 0.3 is 0 Å². The minimum Gasteiger partial charge on any atom is -0.489 e. The quantitative estimate of drug-likeness (QED) is 0.804. The van der Waals surface area contributed by atoms with Crippen LogP contribution in [-0.4, -0.2) is 32.1 Å². The van der Waals surface area contributed by atoms with Gasteiger partial charge < -0.3 is 15.4 Å². The summed E-state index contributed by atoms with van der Waals surface area (Å²) in [6.45, 7) is 2.87. The lowest BCUT2D eigenvalue weighted by atomic mass is 10.3. The minimum absolute atomic E-state index is 0. The van der Waals surface area contributed by atoms with Crippen LogP contribution < -0.4 is 15.4 Å². The van der Waals surface area contributed by atoms with E-state index in [4.69, 9.17) is 4.74 Å². The molecule has 1 atom stereocenters. The normalized spacial score (nSPS) is 11.3. The number of nitrogens with one attached hydrogen (secondary N) is 2. The first-order valence-corrected chi connectivity index (χ1v) is 5.95. The molecule has 1 rings (SSSR count). The number of carbonyl (C=O) groups is 1. The SMILES string of the molecule is CNCCC(=O)NCC(C)Oc1cccc(F)c1.Cl. The summed E-state index contributed by atoms with van der Waals surface area (Å²) < 4.78 is 18.4. The second kappa shape index (κ2) is 9.58. The van der Waals surface area contributed by atoms with E-state index in [2.05, 4.69) is 10.6 Å². The van der Waals surface area contributed by atoms with Crippen molar-refractivity contribution < 1.29 is 13.9 Å². The van der Waals surface area contributed by atoms with E-state index < -0.39 is 0 Å². The van der Waals surface area contributed by atoms with Gasteiger partial charge in [0.05, 0.1) is 6.54 Å². The molecule has 0 heterocycles. The molecule has 6 heteroatoms. The molecule has 2 N–H and O–H groups in total. The van der Waals surface area contributed by atoms with Crippen LogP contribution in [0.4, 0.5) is 4.39 Å². The van der Waals surface area contributed by atoms with E-state index in [0.29, 0.717) is 25.3 Å². The molecule has 1 aromatic carbocycles. The zero-order valence-corrected chi connectivity index (χ0v) is 11.9. The van der Waals surface area contributed by atoms with Crippen molar-refractivity contribution in [3.05, 3.63) is 30.1 Å². The van der Waals surface area contributed by atoms with Gasteiger partial charge in [0.15, 0.2) is 0 Å². The summed E-state index contributed by atoms with van der Waals surface area (Å²) >= 11 is 0. The summed E-state index contributed by atoms with van der Waals surface area (Å²) in [6.07, 6.45) is 0.230. The van der Waals surface area contributed by atoms with Crippen LogP contribution in [0.15, 0.2) is 24.3 Å². The maximum absolute atomic E-state index is 12.9. The summed E-state index contributed by atoms with van der Waals surface area (Å²) in [5.74, 6) is 0.101. The first kappa shape index (κ1) is 17.7. The third-order valence-electron chi connectivity index (χ3n) is 2.32. The number of benzene rings is 1. The number of hydrogen-bond donors (Lipinski definition) is 2. The van der Waals surface area contributed by atoms with Gasteiger partial charge in [-0.05, 0) is 26.1 Å². The van der Waals surface area contributed by atoms with Crippen LogP contribution in [0.3, 0.4) is 0 Å². The summed E-state index contributed by atoms with van der Waals surface area (Å²) in [5, 5.41) is 5.65. The summed E-state index contributed by atoms with van der Waals surface area (Å²) in [4.78, 5) is 11.3. The molecule has 0 aliphatic carbocycles. The van der Waals surface area contributed by atoms with E-state index in [-0.39, 0.29) is 30.2 Å². The topological polar surface area (TPSA) is 50.4 Å². The highest BCUT2D eigenvalue weighted by Gasteiger charge is 2.07. The average Bonchev–Trinajstić information content (AvgIpc) is 2.34. The lowest BCUT2D eigenvalue weighted by Gasteiger charge is -2.15. The molecular formula is C13H20ClFN2O2. The van der Waals surface area contributed by atoms with Crippen molar-refractivity contribution in [2.75, 3.05) is 20.1 Å². The van der Waals surface area contributed by atoms with Gasteiger partial charge in [0.2, 0.25) is 5.91 Å². The summed E-state index contributed by atoms with van der Waals surface area (Å²) in [6, 6.07) is 5.95. The zero-order valence-electron chi connectivity index (χ0n) is 11.1. The van der Waals surface area contributed by atoms with Crippen molar-refractivity contribution in [1.29, 1.82) is 0 Å². The fraction of sp³-hybridized carbons (Fsp3) is 0.462. The molecular weight excluding hydrogens is 271 g/mol. The number of rotatable bonds is 7. The van der Waals surface area contributed by atoms with Crippen LogP contribution in [0.2, 0.25) is 0 Å². The first-order chi connectivity index (χ1) is 8.61. The number of halogens is 2. The molecule has 4 nitrogen and oxygen atoms in total. The van der Waals surface area contributed by atoms with Crippen LogP contribution in [0.1, 0.15) is 13.3 Å². The molecule has 0 aliphatic rings. The maximum atomic E-state index is 12.9. The highest BCUT2D eigenvalue weighted by atomic mass is 35.5. The van der Waals surface area contributed by atoms with Crippen LogP contribution in [0, 0.1) is 5.82 Å². The van der Waals surface area contributed by atoms with Gasteiger partial charge in [-0.15, -0.1) is 12.4 Å². The Labute approximate surface area is 119 Å². The average molecular weight is 291 g/mol. The molecule has 0 saturated heterocycles. The Balaban J connectivity index is 0.00000324. The minimum atomic E-state index is -0.335. The zero-order chi connectivity index (χ0) is 13.4. The monoisotopic (exact) mass is 290 g/mol. The molecule has 0 spiro atoms. The van der Waals surface area contributed by atoms with Gasteiger partial charge in [0.1, 0.15) is 17.7 Å². The molecule has 19 heavy (non-hydrogen) atoms. The number of ether oxygens (including phenoxy) is 1. The number of hydrogen-bond acceptors (Lipinski definition) is 3. The van der Waals surface area contributed by atoms with Crippen LogP contribution in [-0.2, 0) is 4.79 Å². The van der Waals surface area contributed by atoms with Crippen LogP contribution in [0.25, 0.3) is 0 Å². The van der Waals surface area contributed by atoms with Gasteiger partial charge in [-0.2, -0.15) is 0 Å². The second-order valence-electron chi connectivity index (χ2n) is 4.04. The van der Waals surface area contributed by atoms with Crippen LogP contribution in [0.5, 0.6) is 5.75 Å². The lowest BCUT2D eigenvalue weighted by Crippen LogP contribution is -2.34. The Hall–Kier alpha value is -1.33. The lowest BCUT2D eigenvalue weighted by molar-refractivity contribution is -0.121. The molecule has 1 aromatic rings. The van der Waals surface area contributed by atoms with Gasteiger partial charge in [0, 0.05) is 19.0 Å². The molecule has 1 unspecified atom stereocenters. The Kier molecular flexibility index (Phi) is 8.91. The van der Waals surface area contributed by atoms with E-state index in [1.807, 2.05) is 6.92 Å². The van der Waals surface area contributed by atoms with E-state index in [0.717, 1.165) is 0 Å². The Morgan fingerprint density at radius 2 is 2.21 bits per heavy atom. The highest BCUT2D eigenvalue weighted by molar-refractivity contribution is 5.85. The Bertz CT molecular complexity index is 391. The van der Waals surface area contributed by atoms with Crippen molar-refractivity contribution in [2.24, 2.45) is 0 Å². The molecule has 0 radical (unpaired) electrons. The standard InChI is InChI=1S/C13H19FN2O2.ClH/c1-10(9-16-13(17)6-7-15-2)18-12-5-3-4-11(14)8-12;/h3-5,8,10,15H,6-7,9H2,1-2H3,(H,16,17);1H. The molecule has 108 valence electrons. The third-order valence-corrected chi connectivity index (χ3v) is 2.32. The highest BCUT2D eigenvalue weighted by Crippen LogP contribution is 2.13. The predicted octanol–water partition coefficient (Wildman–Crippen LogP) is 1.74. The Morgan fingerprint density at radius 3 is 2.84 bits per heavy atom. The molecule has 0 bridgehead atoms. The molecule has 0 aliphatic heterocycles. The van der Waals surface area contributed by atoms with Crippen molar-refractivity contribution >= 4 is 18.3 Å². The molecule has 0 aromatic heterocycles. The summed E-state index contributed by atoms with van der Waals surface area (Å²) in [5.41, 5.74) is 0. The van der Waals surface area contributed by atoms with Crippen molar-refractivity contribution in [2.45, 2.75) is 19.4 Å². The predicted molar refractivity (Wildman–Crippen MR) is 75.3 cm³/mol. The largest absolute Gasteiger partial charge is 0.489 e. The van der Waals surface area contributed by atoms with Crippen LogP contribution >= 0.6 is 12.4 Å². The van der Waals surface area contributed by atoms with E-state index in [1.165, 1.54) is 12.1 Å². The van der Waals surface area contributed by atoms with Crippen molar-refractivity contribution in [3.63, 3.8) is 0 Å². The summed E-state index contributed by atoms with van der Waals surface area (Å²) in [7, 11) is 1.79. The van der Waals surface area contributed by atoms with Gasteiger partial charge in [-0.25, -0.2) is 4.39 Å². The third kappa shape index (κ3) is 7.64. The van der Waals surface area contributed by atoms with Gasteiger partial charge in [0.25, 0.3) is 0 Å². The number of amides is 1. The Morgan fingerprint density at radius 1 is 1.47 bits per heavy atom. The second-order valence-corrected chi connectivity index (χ2v) is 4.04. The fourth-order valence-corrected chi connectivity index (χ4v) is 1.40. The van der Waals surface area contributed by atoms with Gasteiger partial charge in [-0.1, -0.05) is 6.07 Å². The van der Waals surface area contributed by atoms with E-state index >= 15 is 0 Å². The van der Waals surface area contributed by atoms with E-state index in [1.54, 1.807) is 19.2 Å². The first-order valence-electron chi connectivity index (χ1n) is 5.95. The smallest absolute Gasteiger partial charge is 0.221 e. The van der Waals surface area contributed by atoms with Crippen molar-refractivity contribution in [1.82, 2.24) is 10.6 Å². The van der Waals surface area contributed by atoms with Crippen molar-refractivity contribution in [3.8, 4) is 5.75 Å². The van der Waals surface area contributed by atoms with Gasteiger partial charge in [-0.3, -0.25) is 4.79 Å². The maximum Gasteiger partial charge on any atom is 0.221 e.